The molecule has 0 saturated heterocycles. The minimum absolute atomic E-state index is 0.0183. The van der Waals surface area contributed by atoms with Gasteiger partial charge in [0.1, 0.15) is 5.01 Å². The third-order valence-electron chi connectivity index (χ3n) is 4.20. The number of methoxy groups -OCH3 is 2. The zero-order valence-corrected chi connectivity index (χ0v) is 16.7. The van der Waals surface area contributed by atoms with Crippen LogP contribution in [0.4, 0.5) is 5.69 Å². The maximum Gasteiger partial charge on any atom is 0.233 e. The molecule has 1 amide bonds. The van der Waals surface area contributed by atoms with Crippen molar-refractivity contribution in [2.45, 2.75) is 6.42 Å². The van der Waals surface area contributed by atoms with Gasteiger partial charge in [-0.3, -0.25) is 4.79 Å². The Morgan fingerprint density at radius 2 is 1.89 bits per heavy atom. The van der Waals surface area contributed by atoms with Crippen molar-refractivity contribution in [3.05, 3.63) is 72.3 Å². The summed E-state index contributed by atoms with van der Waals surface area (Å²) in [5.41, 5.74) is 2.51. The van der Waals surface area contributed by atoms with Crippen LogP contribution in [0, 0.1) is 0 Å². The lowest BCUT2D eigenvalue weighted by Crippen LogP contribution is -2.32. The number of anilines is 1. The molecule has 6 heteroatoms. The molecule has 0 aliphatic carbocycles. The van der Waals surface area contributed by atoms with Crippen molar-refractivity contribution >= 4 is 22.9 Å². The summed E-state index contributed by atoms with van der Waals surface area (Å²) in [5, 5.41) is 2.75. The lowest BCUT2D eigenvalue weighted by atomic mass is 10.2. The van der Waals surface area contributed by atoms with Gasteiger partial charge in [0, 0.05) is 23.2 Å². The molecule has 0 unspecified atom stereocenters. The summed E-state index contributed by atoms with van der Waals surface area (Å²) in [6.07, 6.45) is 1.95. The summed E-state index contributed by atoms with van der Waals surface area (Å²) < 4.78 is 10.6. The molecule has 144 valence electrons. The van der Waals surface area contributed by atoms with E-state index in [1.54, 1.807) is 25.2 Å². The quantitative estimate of drug-likeness (QED) is 0.525. The number of benzene rings is 2. The van der Waals surface area contributed by atoms with Gasteiger partial charge in [0.15, 0.2) is 11.5 Å². The first-order chi connectivity index (χ1) is 13.7. The third-order valence-corrected chi connectivity index (χ3v) is 5.14. The molecule has 0 N–H and O–H groups in total. The zero-order valence-electron chi connectivity index (χ0n) is 15.9. The molecular weight excluding hydrogens is 372 g/mol. The van der Waals surface area contributed by atoms with Crippen LogP contribution in [0.25, 0.3) is 10.6 Å². The van der Waals surface area contributed by atoms with E-state index in [-0.39, 0.29) is 12.3 Å². The molecule has 28 heavy (non-hydrogen) atoms. The van der Waals surface area contributed by atoms with Crippen molar-refractivity contribution in [1.82, 2.24) is 4.98 Å². The molecule has 5 nitrogen and oxygen atoms in total. The van der Waals surface area contributed by atoms with Crippen LogP contribution >= 0.6 is 11.3 Å². The van der Waals surface area contributed by atoms with Gasteiger partial charge in [-0.1, -0.05) is 24.3 Å². The number of carbonyl (C=O) groups is 1. The van der Waals surface area contributed by atoms with E-state index in [1.165, 1.54) is 11.3 Å². The maximum absolute atomic E-state index is 12.8. The minimum Gasteiger partial charge on any atom is -0.493 e. The highest BCUT2D eigenvalue weighted by molar-refractivity contribution is 7.13. The normalized spacial score (nSPS) is 10.4. The van der Waals surface area contributed by atoms with Crippen LogP contribution in [0.15, 0.2) is 66.6 Å². The Bertz CT molecular complexity index is 953. The van der Waals surface area contributed by atoms with E-state index in [2.05, 4.69) is 11.6 Å². The first-order valence-corrected chi connectivity index (χ1v) is 9.67. The maximum atomic E-state index is 12.8. The highest BCUT2D eigenvalue weighted by Crippen LogP contribution is 2.33. The molecule has 0 saturated carbocycles. The Kier molecular flexibility index (Phi) is 6.45. The van der Waals surface area contributed by atoms with Crippen molar-refractivity contribution in [2.75, 3.05) is 25.7 Å². The largest absolute Gasteiger partial charge is 0.493 e. The van der Waals surface area contributed by atoms with E-state index < -0.39 is 0 Å². The Labute approximate surface area is 168 Å². The van der Waals surface area contributed by atoms with Gasteiger partial charge in [0.25, 0.3) is 0 Å². The second-order valence-corrected chi connectivity index (χ2v) is 6.88. The van der Waals surface area contributed by atoms with Gasteiger partial charge in [-0.15, -0.1) is 17.9 Å². The molecular formula is C22H22N2O3S. The number of aromatic nitrogens is 1. The monoisotopic (exact) mass is 394 g/mol. The Hall–Kier alpha value is -3.12. The summed E-state index contributed by atoms with van der Waals surface area (Å²) in [6, 6.07) is 15.2. The molecule has 0 fully saturated rings. The van der Waals surface area contributed by atoms with Gasteiger partial charge < -0.3 is 14.4 Å². The molecule has 3 rings (SSSR count). The first kappa shape index (κ1) is 19.6. The van der Waals surface area contributed by atoms with Crippen LogP contribution in [0.3, 0.4) is 0 Å². The zero-order chi connectivity index (χ0) is 19.9. The summed E-state index contributed by atoms with van der Waals surface area (Å²) in [5.74, 6) is 1.30. The van der Waals surface area contributed by atoms with Crippen LogP contribution in [0.2, 0.25) is 0 Å². The summed E-state index contributed by atoms with van der Waals surface area (Å²) in [7, 11) is 3.21. The second-order valence-electron chi connectivity index (χ2n) is 6.02. The highest BCUT2D eigenvalue weighted by Gasteiger charge is 2.17. The van der Waals surface area contributed by atoms with E-state index in [0.717, 1.165) is 22.0 Å². The number of nitrogens with zero attached hydrogens (tertiary/aromatic N) is 2. The van der Waals surface area contributed by atoms with Crippen molar-refractivity contribution < 1.29 is 14.3 Å². The number of para-hydroxylation sites is 1. The molecule has 0 spiro atoms. The minimum atomic E-state index is -0.0183. The average molecular weight is 394 g/mol. The molecule has 0 radical (unpaired) electrons. The summed E-state index contributed by atoms with van der Waals surface area (Å²) >= 11 is 1.50. The lowest BCUT2D eigenvalue weighted by Gasteiger charge is -2.20. The molecule has 1 aromatic heterocycles. The van der Waals surface area contributed by atoms with Crippen LogP contribution in [0.5, 0.6) is 11.5 Å². The lowest BCUT2D eigenvalue weighted by molar-refractivity contribution is -0.117. The van der Waals surface area contributed by atoms with Crippen molar-refractivity contribution in [1.29, 1.82) is 0 Å². The van der Waals surface area contributed by atoms with Gasteiger partial charge in [-0.2, -0.15) is 0 Å². The fourth-order valence-corrected chi connectivity index (χ4v) is 3.65. The molecule has 3 aromatic rings. The number of amides is 1. The van der Waals surface area contributed by atoms with Crippen molar-refractivity contribution in [3.63, 3.8) is 0 Å². The Morgan fingerprint density at radius 1 is 1.14 bits per heavy atom. The number of hydrogen-bond donors (Lipinski definition) is 0. The smallest absolute Gasteiger partial charge is 0.233 e. The molecule has 0 aliphatic rings. The first-order valence-electron chi connectivity index (χ1n) is 8.79. The molecule has 0 bridgehead atoms. The summed E-state index contributed by atoms with van der Waals surface area (Å²) in [6.45, 7) is 4.21. The van der Waals surface area contributed by atoms with Gasteiger partial charge >= 0.3 is 0 Å². The van der Waals surface area contributed by atoms with Gasteiger partial charge in [-0.05, 0) is 30.3 Å². The number of hydrogen-bond acceptors (Lipinski definition) is 5. The van der Waals surface area contributed by atoms with E-state index in [1.807, 2.05) is 53.9 Å². The van der Waals surface area contributed by atoms with E-state index in [4.69, 9.17) is 9.47 Å². The molecule has 2 aromatic carbocycles. The highest BCUT2D eigenvalue weighted by atomic mass is 32.1. The Balaban J connectivity index is 1.78. The summed E-state index contributed by atoms with van der Waals surface area (Å²) in [4.78, 5) is 19.2. The third kappa shape index (κ3) is 4.40. The number of ether oxygens (including phenoxy) is 2. The standard InChI is InChI=1S/C22H22N2O3S/c1-4-12-24(18-8-6-5-7-9-18)21(25)14-17-15-28-22(23-17)16-10-11-19(26-2)20(13-16)27-3/h4-11,13,15H,1,12,14H2,2-3H3. The molecule has 0 atom stereocenters. The fourth-order valence-electron chi connectivity index (χ4n) is 2.83. The number of thiazole rings is 1. The van der Waals surface area contributed by atoms with Gasteiger partial charge in [-0.25, -0.2) is 4.98 Å². The van der Waals surface area contributed by atoms with Crippen LogP contribution in [-0.2, 0) is 11.2 Å². The van der Waals surface area contributed by atoms with Gasteiger partial charge in [0.05, 0.1) is 26.3 Å². The predicted octanol–water partition coefficient (Wildman–Crippen LogP) is 4.59. The second kappa shape index (κ2) is 9.19. The van der Waals surface area contributed by atoms with Crippen LogP contribution in [-0.4, -0.2) is 31.7 Å². The van der Waals surface area contributed by atoms with E-state index in [9.17, 15) is 4.79 Å². The van der Waals surface area contributed by atoms with Crippen molar-refractivity contribution in [2.24, 2.45) is 0 Å². The molecule has 0 aliphatic heterocycles. The number of rotatable bonds is 8. The van der Waals surface area contributed by atoms with Crippen molar-refractivity contribution in [3.8, 4) is 22.1 Å². The predicted molar refractivity (Wildman–Crippen MR) is 113 cm³/mol. The van der Waals surface area contributed by atoms with Crippen LogP contribution in [0.1, 0.15) is 5.69 Å². The van der Waals surface area contributed by atoms with E-state index in [0.29, 0.717) is 18.0 Å². The Morgan fingerprint density at radius 3 is 2.57 bits per heavy atom. The number of carbonyl (C=O) groups excluding carboxylic acids is 1. The molecule has 1 heterocycles. The SMILES string of the molecule is C=CCN(C(=O)Cc1csc(-c2ccc(OC)c(OC)c2)n1)c1ccccc1. The topological polar surface area (TPSA) is 51.7 Å². The van der Waals surface area contributed by atoms with Gasteiger partial charge in [0.2, 0.25) is 5.91 Å². The fraction of sp³-hybridized carbons (Fsp3) is 0.182. The van der Waals surface area contributed by atoms with Crippen LogP contribution < -0.4 is 14.4 Å². The van der Waals surface area contributed by atoms with E-state index >= 15 is 0 Å². The average Bonchev–Trinajstić information content (AvgIpc) is 3.20.